The predicted octanol–water partition coefficient (Wildman–Crippen LogP) is 1.74. The number of nitrogens with two attached hydrogens (primary N) is 1. The molecule has 21 heavy (non-hydrogen) atoms. The molecule has 0 spiro atoms. The fourth-order valence-electron chi connectivity index (χ4n) is 2.25. The molecule has 1 fully saturated rings. The van der Waals surface area contributed by atoms with Gasteiger partial charge in [0.25, 0.3) is 5.91 Å². The first-order chi connectivity index (χ1) is 10.2. The van der Waals surface area contributed by atoms with Crippen LogP contribution in [0.25, 0.3) is 0 Å². The van der Waals surface area contributed by atoms with Gasteiger partial charge in [-0.1, -0.05) is 6.07 Å². The van der Waals surface area contributed by atoms with Gasteiger partial charge >= 0.3 is 0 Å². The minimum atomic E-state index is -0.116. The third-order valence-electron chi connectivity index (χ3n) is 3.50. The maximum Gasteiger partial charge on any atom is 0.268 e. The van der Waals surface area contributed by atoms with Crippen molar-refractivity contribution in [3.8, 4) is 5.88 Å². The van der Waals surface area contributed by atoms with E-state index in [1.807, 2.05) is 16.8 Å². The van der Waals surface area contributed by atoms with E-state index in [4.69, 9.17) is 10.5 Å². The molecule has 0 aliphatic heterocycles. The van der Waals surface area contributed by atoms with Crippen LogP contribution in [0.15, 0.2) is 30.6 Å². The molecular formula is C15H18N4O2. The Hall–Kier alpha value is -2.50. The lowest BCUT2D eigenvalue weighted by atomic mass is 10.2. The van der Waals surface area contributed by atoms with Crippen LogP contribution in [0.3, 0.4) is 0 Å². The minimum Gasteiger partial charge on any atom is -0.481 e. The second kappa shape index (κ2) is 5.47. The Balaban J connectivity index is 1.65. The van der Waals surface area contributed by atoms with Crippen molar-refractivity contribution >= 4 is 11.6 Å². The van der Waals surface area contributed by atoms with Gasteiger partial charge in [0, 0.05) is 31.0 Å². The van der Waals surface area contributed by atoms with Crippen LogP contribution in [0.5, 0.6) is 5.88 Å². The molecule has 3 N–H and O–H groups in total. The topological polar surface area (TPSA) is 82.2 Å². The number of nitrogens with one attached hydrogen (secondary N) is 1. The Morgan fingerprint density at radius 3 is 2.95 bits per heavy atom. The fraction of sp³-hybridized carbons (Fsp3) is 0.333. The molecular weight excluding hydrogens is 268 g/mol. The Morgan fingerprint density at radius 2 is 2.33 bits per heavy atom. The molecule has 1 saturated carbocycles. The summed E-state index contributed by atoms with van der Waals surface area (Å²) in [6, 6.07) is 5.79. The quantitative estimate of drug-likeness (QED) is 0.877. The molecule has 2 heterocycles. The summed E-state index contributed by atoms with van der Waals surface area (Å²) in [5, 5.41) is 2.89. The zero-order chi connectivity index (χ0) is 14.8. The van der Waals surface area contributed by atoms with Gasteiger partial charge in [-0.25, -0.2) is 4.98 Å². The van der Waals surface area contributed by atoms with Gasteiger partial charge in [0.05, 0.1) is 12.8 Å². The van der Waals surface area contributed by atoms with Gasteiger partial charge in [-0.3, -0.25) is 4.79 Å². The van der Waals surface area contributed by atoms with Crippen LogP contribution in [0.2, 0.25) is 0 Å². The van der Waals surface area contributed by atoms with E-state index in [0.717, 1.165) is 18.4 Å². The number of nitrogens with zero attached hydrogens (tertiary/aromatic N) is 2. The van der Waals surface area contributed by atoms with E-state index in [2.05, 4.69) is 10.3 Å². The summed E-state index contributed by atoms with van der Waals surface area (Å²) < 4.78 is 6.97. The van der Waals surface area contributed by atoms with E-state index in [0.29, 0.717) is 29.8 Å². The number of ether oxygens (including phenoxy) is 1. The number of aromatic nitrogens is 2. The monoisotopic (exact) mass is 286 g/mol. The van der Waals surface area contributed by atoms with Crippen molar-refractivity contribution in [2.24, 2.45) is 0 Å². The molecule has 1 aliphatic rings. The average Bonchev–Trinajstić information content (AvgIpc) is 3.27. The number of nitrogen functional groups attached to an aromatic ring is 1. The number of hydrogen-bond donors (Lipinski definition) is 2. The number of pyridine rings is 1. The van der Waals surface area contributed by atoms with Crippen LogP contribution in [-0.4, -0.2) is 22.6 Å². The first-order valence-corrected chi connectivity index (χ1v) is 6.92. The molecule has 0 aromatic carbocycles. The van der Waals surface area contributed by atoms with Crippen LogP contribution in [-0.2, 0) is 6.54 Å². The second-order valence-corrected chi connectivity index (χ2v) is 5.19. The Labute approximate surface area is 122 Å². The highest BCUT2D eigenvalue weighted by atomic mass is 16.5. The zero-order valence-electron chi connectivity index (χ0n) is 11.9. The number of amides is 1. The van der Waals surface area contributed by atoms with Crippen LogP contribution in [0.1, 0.15) is 34.9 Å². The maximum atomic E-state index is 12.3. The van der Waals surface area contributed by atoms with Gasteiger partial charge in [0.2, 0.25) is 5.88 Å². The molecule has 0 unspecified atom stereocenters. The summed E-state index contributed by atoms with van der Waals surface area (Å²) in [6.07, 6.45) is 5.74. The highest BCUT2D eigenvalue weighted by Gasteiger charge is 2.27. The maximum absolute atomic E-state index is 12.3. The van der Waals surface area contributed by atoms with Gasteiger partial charge < -0.3 is 20.4 Å². The summed E-state index contributed by atoms with van der Waals surface area (Å²) in [6.45, 7) is 0.422. The van der Waals surface area contributed by atoms with E-state index in [1.54, 1.807) is 25.4 Å². The van der Waals surface area contributed by atoms with E-state index < -0.39 is 0 Å². The Kier molecular flexibility index (Phi) is 3.51. The molecule has 0 radical (unpaired) electrons. The van der Waals surface area contributed by atoms with Crippen molar-refractivity contribution in [1.82, 2.24) is 14.9 Å². The standard InChI is InChI=1S/C15H18N4O2/c1-21-14-5-2-10(7-17-14)8-18-15(20)13-6-11(16)9-19(13)12-3-4-12/h2,5-7,9,12H,3-4,8,16H2,1H3,(H,18,20). The average molecular weight is 286 g/mol. The summed E-state index contributed by atoms with van der Waals surface area (Å²) in [5.41, 5.74) is 7.96. The van der Waals surface area contributed by atoms with Gasteiger partial charge in [-0.2, -0.15) is 0 Å². The molecule has 0 saturated heterocycles. The van der Waals surface area contributed by atoms with E-state index in [9.17, 15) is 4.79 Å². The third-order valence-corrected chi connectivity index (χ3v) is 3.50. The van der Waals surface area contributed by atoms with Crippen molar-refractivity contribution in [2.75, 3.05) is 12.8 Å². The molecule has 0 atom stereocenters. The third kappa shape index (κ3) is 2.99. The summed E-state index contributed by atoms with van der Waals surface area (Å²) >= 11 is 0. The fourth-order valence-corrected chi connectivity index (χ4v) is 2.25. The molecule has 1 amide bonds. The van der Waals surface area contributed by atoms with E-state index >= 15 is 0 Å². The lowest BCUT2D eigenvalue weighted by Crippen LogP contribution is -2.25. The van der Waals surface area contributed by atoms with Gasteiger partial charge in [0.1, 0.15) is 5.69 Å². The number of rotatable bonds is 5. The molecule has 6 nitrogen and oxygen atoms in total. The number of carbonyl (C=O) groups is 1. The van der Waals surface area contributed by atoms with Crippen LogP contribution >= 0.6 is 0 Å². The predicted molar refractivity (Wildman–Crippen MR) is 79.1 cm³/mol. The first kappa shape index (κ1) is 13.5. The summed E-state index contributed by atoms with van der Waals surface area (Å²) in [5.74, 6) is 0.440. The highest BCUT2D eigenvalue weighted by molar-refractivity contribution is 5.93. The number of anilines is 1. The lowest BCUT2D eigenvalue weighted by Gasteiger charge is -2.08. The van der Waals surface area contributed by atoms with Crippen molar-refractivity contribution in [2.45, 2.75) is 25.4 Å². The molecule has 110 valence electrons. The van der Waals surface area contributed by atoms with Crippen molar-refractivity contribution < 1.29 is 9.53 Å². The minimum absolute atomic E-state index is 0.116. The number of methoxy groups -OCH3 is 1. The molecule has 6 heteroatoms. The Morgan fingerprint density at radius 1 is 1.52 bits per heavy atom. The molecule has 1 aliphatic carbocycles. The van der Waals surface area contributed by atoms with E-state index in [-0.39, 0.29) is 5.91 Å². The molecule has 3 rings (SSSR count). The SMILES string of the molecule is COc1ccc(CNC(=O)c2cc(N)cn2C2CC2)cn1. The van der Waals surface area contributed by atoms with Crippen LogP contribution in [0, 0.1) is 0 Å². The zero-order valence-corrected chi connectivity index (χ0v) is 11.9. The van der Waals surface area contributed by atoms with Crippen LogP contribution in [0.4, 0.5) is 5.69 Å². The smallest absolute Gasteiger partial charge is 0.268 e. The first-order valence-electron chi connectivity index (χ1n) is 6.92. The van der Waals surface area contributed by atoms with Gasteiger partial charge in [-0.05, 0) is 24.5 Å². The summed E-state index contributed by atoms with van der Waals surface area (Å²) in [7, 11) is 1.57. The van der Waals surface area contributed by atoms with Gasteiger partial charge in [-0.15, -0.1) is 0 Å². The highest BCUT2D eigenvalue weighted by Crippen LogP contribution is 2.37. The molecule has 0 bridgehead atoms. The molecule has 2 aromatic rings. The normalized spacial score (nSPS) is 14.0. The largest absolute Gasteiger partial charge is 0.481 e. The van der Waals surface area contributed by atoms with Crippen LogP contribution < -0.4 is 15.8 Å². The lowest BCUT2D eigenvalue weighted by molar-refractivity contribution is 0.0941. The second-order valence-electron chi connectivity index (χ2n) is 5.19. The van der Waals surface area contributed by atoms with E-state index in [1.165, 1.54) is 0 Å². The number of hydrogen-bond acceptors (Lipinski definition) is 4. The summed E-state index contributed by atoms with van der Waals surface area (Å²) in [4.78, 5) is 16.4. The van der Waals surface area contributed by atoms with Crippen molar-refractivity contribution in [3.05, 3.63) is 41.9 Å². The Bertz CT molecular complexity index is 644. The number of carbonyl (C=O) groups excluding carboxylic acids is 1. The van der Waals surface area contributed by atoms with Crippen molar-refractivity contribution in [3.63, 3.8) is 0 Å². The van der Waals surface area contributed by atoms with Gasteiger partial charge in [0.15, 0.2) is 0 Å². The molecule has 2 aromatic heterocycles. The van der Waals surface area contributed by atoms with Crippen molar-refractivity contribution in [1.29, 1.82) is 0 Å².